The number of nitrogens with zero attached hydrogens (tertiary/aromatic N) is 4. The molecule has 172 valence electrons. The maximum absolute atomic E-state index is 13.0. The lowest BCUT2D eigenvalue weighted by molar-refractivity contribution is -0.117. The molecule has 0 aliphatic carbocycles. The molecule has 2 amide bonds. The van der Waals surface area contributed by atoms with E-state index in [-0.39, 0.29) is 30.3 Å². The third kappa shape index (κ3) is 4.89. The predicted octanol–water partition coefficient (Wildman–Crippen LogP) is 3.22. The molecule has 4 rings (SSSR count). The molecule has 32 heavy (non-hydrogen) atoms. The number of hydrogen-bond donors (Lipinski definition) is 0. The number of benzene rings is 1. The zero-order chi connectivity index (χ0) is 22.0. The first-order chi connectivity index (χ1) is 15.0. The number of rotatable bonds is 5. The van der Waals surface area contributed by atoms with E-state index in [1.807, 2.05) is 42.3 Å². The monoisotopic (exact) mass is 458 g/mol. The van der Waals surface area contributed by atoms with E-state index in [2.05, 4.69) is 22.9 Å². The molecule has 2 aliphatic heterocycles. The van der Waals surface area contributed by atoms with Crippen molar-refractivity contribution < 1.29 is 14.3 Å². The first-order valence-electron chi connectivity index (χ1n) is 10.9. The molecule has 1 aromatic carbocycles. The molecule has 1 aromatic heterocycles. The Labute approximate surface area is 195 Å². The summed E-state index contributed by atoms with van der Waals surface area (Å²) in [6, 6.07) is 9.59. The first kappa shape index (κ1) is 24.0. The van der Waals surface area contributed by atoms with Crippen molar-refractivity contribution in [2.75, 3.05) is 49.7 Å². The Morgan fingerprint density at radius 2 is 1.81 bits per heavy atom. The van der Waals surface area contributed by atoms with Crippen LogP contribution in [0.2, 0.25) is 0 Å². The topological polar surface area (TPSA) is 66.0 Å². The van der Waals surface area contributed by atoms with Crippen molar-refractivity contribution in [1.29, 1.82) is 0 Å². The number of aromatic nitrogens is 1. The number of carbonyl (C=O) groups excluding carboxylic acids is 2. The smallest absolute Gasteiger partial charge is 0.253 e. The number of ether oxygens (including phenoxy) is 1. The average molecular weight is 459 g/mol. The number of halogens is 1. The van der Waals surface area contributed by atoms with Gasteiger partial charge in [0, 0.05) is 57.2 Å². The highest BCUT2D eigenvalue weighted by Crippen LogP contribution is 2.27. The zero-order valence-electron chi connectivity index (χ0n) is 18.9. The number of pyridine rings is 1. The van der Waals surface area contributed by atoms with Crippen LogP contribution < -0.4 is 9.80 Å². The lowest BCUT2D eigenvalue weighted by Gasteiger charge is -2.36. The largest absolute Gasteiger partial charge is 0.383 e. The van der Waals surface area contributed by atoms with Crippen LogP contribution in [0.4, 0.5) is 11.5 Å². The van der Waals surface area contributed by atoms with Gasteiger partial charge in [0.05, 0.1) is 12.6 Å². The fraction of sp³-hybridized carbons (Fsp3) is 0.458. The van der Waals surface area contributed by atoms with Crippen molar-refractivity contribution in [1.82, 2.24) is 9.88 Å². The number of anilines is 2. The third-order valence-corrected chi connectivity index (χ3v) is 6.13. The maximum Gasteiger partial charge on any atom is 0.253 e. The maximum atomic E-state index is 13.0. The quantitative estimate of drug-likeness (QED) is 0.688. The number of hydrogen-bond acceptors (Lipinski definition) is 5. The van der Waals surface area contributed by atoms with Crippen molar-refractivity contribution in [2.24, 2.45) is 0 Å². The van der Waals surface area contributed by atoms with Crippen LogP contribution in [0.1, 0.15) is 34.3 Å². The zero-order valence-corrected chi connectivity index (χ0v) is 19.7. The number of methoxy groups -OCH3 is 1. The Morgan fingerprint density at radius 1 is 1.12 bits per heavy atom. The summed E-state index contributed by atoms with van der Waals surface area (Å²) in [4.78, 5) is 35.8. The van der Waals surface area contributed by atoms with E-state index < -0.39 is 0 Å². The van der Waals surface area contributed by atoms with Gasteiger partial charge in [0.15, 0.2) is 0 Å². The number of piperazine rings is 1. The molecular weight excluding hydrogens is 428 g/mol. The summed E-state index contributed by atoms with van der Waals surface area (Å²) in [6.07, 6.45) is 3.23. The summed E-state index contributed by atoms with van der Waals surface area (Å²) in [5, 5.41) is 0. The van der Waals surface area contributed by atoms with Crippen molar-refractivity contribution >= 4 is 35.7 Å². The summed E-state index contributed by atoms with van der Waals surface area (Å²) >= 11 is 0. The molecule has 0 radical (unpaired) electrons. The SMILES string of the molecule is COC[C@H]1CCC(=O)N1c1ccc(C(=O)N2CCN(c3ncc(C)cc3C)CC2)cc1.Cl. The van der Waals surface area contributed by atoms with Gasteiger partial charge in [-0.3, -0.25) is 9.59 Å². The minimum atomic E-state index is 0. The Bertz CT molecular complexity index is 958. The highest BCUT2D eigenvalue weighted by molar-refractivity contribution is 5.98. The van der Waals surface area contributed by atoms with E-state index in [4.69, 9.17) is 4.74 Å². The molecular formula is C24H31ClN4O3. The van der Waals surface area contributed by atoms with Crippen LogP contribution in [0.5, 0.6) is 0 Å². The van der Waals surface area contributed by atoms with Crippen LogP contribution in [0.15, 0.2) is 36.5 Å². The Morgan fingerprint density at radius 3 is 2.44 bits per heavy atom. The van der Waals surface area contributed by atoms with Crippen LogP contribution in [0.3, 0.4) is 0 Å². The van der Waals surface area contributed by atoms with Gasteiger partial charge >= 0.3 is 0 Å². The van der Waals surface area contributed by atoms with Gasteiger partial charge in [0.25, 0.3) is 5.91 Å². The molecule has 0 saturated carbocycles. The van der Waals surface area contributed by atoms with Gasteiger partial charge in [-0.15, -0.1) is 12.4 Å². The molecule has 0 unspecified atom stereocenters. The van der Waals surface area contributed by atoms with Crippen molar-refractivity contribution in [2.45, 2.75) is 32.7 Å². The lowest BCUT2D eigenvalue weighted by Crippen LogP contribution is -2.49. The number of carbonyl (C=O) groups is 2. The summed E-state index contributed by atoms with van der Waals surface area (Å²) in [7, 11) is 1.65. The van der Waals surface area contributed by atoms with E-state index in [9.17, 15) is 9.59 Å². The van der Waals surface area contributed by atoms with Crippen LogP contribution in [0, 0.1) is 13.8 Å². The van der Waals surface area contributed by atoms with Gasteiger partial charge in [0.1, 0.15) is 5.82 Å². The molecule has 1 atom stereocenters. The minimum absolute atomic E-state index is 0. The van der Waals surface area contributed by atoms with Gasteiger partial charge in [-0.05, 0) is 55.7 Å². The van der Waals surface area contributed by atoms with Gasteiger partial charge in [0.2, 0.25) is 5.91 Å². The predicted molar refractivity (Wildman–Crippen MR) is 128 cm³/mol. The Balaban J connectivity index is 0.00000289. The van der Waals surface area contributed by atoms with Crippen molar-refractivity contribution in [3.63, 3.8) is 0 Å². The van der Waals surface area contributed by atoms with Crippen LogP contribution in [-0.4, -0.2) is 67.6 Å². The Kier molecular flexibility index (Phi) is 7.74. The molecule has 2 aromatic rings. The summed E-state index contributed by atoms with van der Waals surface area (Å²) in [5.41, 5.74) is 3.80. The molecule has 0 bridgehead atoms. The van der Waals surface area contributed by atoms with Gasteiger partial charge in [-0.25, -0.2) is 4.98 Å². The molecule has 2 saturated heterocycles. The van der Waals surface area contributed by atoms with E-state index >= 15 is 0 Å². The van der Waals surface area contributed by atoms with E-state index in [1.54, 1.807) is 12.0 Å². The summed E-state index contributed by atoms with van der Waals surface area (Å²) in [6.45, 7) is 7.50. The third-order valence-electron chi connectivity index (χ3n) is 6.13. The summed E-state index contributed by atoms with van der Waals surface area (Å²) in [5.74, 6) is 1.14. The molecule has 2 aliphatic rings. The van der Waals surface area contributed by atoms with Crippen LogP contribution in [0.25, 0.3) is 0 Å². The fourth-order valence-electron chi connectivity index (χ4n) is 4.56. The molecule has 3 heterocycles. The highest BCUT2D eigenvalue weighted by Gasteiger charge is 2.32. The normalized spacial score (nSPS) is 18.7. The molecule has 7 nitrogen and oxygen atoms in total. The Hall–Kier alpha value is -2.64. The lowest BCUT2D eigenvalue weighted by atomic mass is 10.1. The number of aryl methyl sites for hydroxylation is 2. The van der Waals surface area contributed by atoms with E-state index in [0.29, 0.717) is 31.7 Å². The van der Waals surface area contributed by atoms with Crippen molar-refractivity contribution in [3.8, 4) is 0 Å². The second-order valence-corrected chi connectivity index (χ2v) is 8.39. The number of amides is 2. The van der Waals surface area contributed by atoms with Gasteiger partial charge in [-0.2, -0.15) is 0 Å². The fourth-order valence-corrected chi connectivity index (χ4v) is 4.56. The molecule has 0 N–H and O–H groups in total. The van der Waals surface area contributed by atoms with Gasteiger partial charge < -0.3 is 19.4 Å². The van der Waals surface area contributed by atoms with Crippen LogP contribution in [-0.2, 0) is 9.53 Å². The standard InChI is InChI=1S/C24H30N4O3.ClH/c1-17-14-18(2)23(25-15-17)26-10-12-27(13-11-26)24(30)19-4-6-20(7-5-19)28-21(16-31-3)8-9-22(28)29;/h4-7,14-15,21H,8-13,16H2,1-3H3;1H/t21-;/m1./s1. The van der Waals surface area contributed by atoms with E-state index in [1.165, 1.54) is 5.56 Å². The molecule has 2 fully saturated rings. The van der Waals surface area contributed by atoms with Crippen molar-refractivity contribution in [3.05, 3.63) is 53.2 Å². The average Bonchev–Trinajstić information content (AvgIpc) is 3.14. The first-order valence-corrected chi connectivity index (χ1v) is 10.9. The second-order valence-electron chi connectivity index (χ2n) is 8.39. The second kappa shape index (κ2) is 10.3. The summed E-state index contributed by atoms with van der Waals surface area (Å²) < 4.78 is 5.26. The minimum Gasteiger partial charge on any atom is -0.383 e. The van der Waals surface area contributed by atoms with Gasteiger partial charge in [-0.1, -0.05) is 6.07 Å². The molecule has 0 spiro atoms. The van der Waals surface area contributed by atoms with E-state index in [0.717, 1.165) is 36.6 Å². The molecule has 8 heteroatoms. The van der Waals surface area contributed by atoms with Crippen LogP contribution >= 0.6 is 12.4 Å². The highest BCUT2D eigenvalue weighted by atomic mass is 35.5.